The molecule has 0 bridgehead atoms. The molecule has 1 aromatic rings. The van der Waals surface area contributed by atoms with Gasteiger partial charge in [0.15, 0.2) is 0 Å². The van der Waals surface area contributed by atoms with Gasteiger partial charge in [-0.3, -0.25) is 4.90 Å². The molecule has 19 heavy (non-hydrogen) atoms. The molecule has 1 fully saturated rings. The second kappa shape index (κ2) is 6.44. The van der Waals surface area contributed by atoms with Crippen LogP contribution in [0.15, 0.2) is 18.2 Å². The molecule has 0 saturated carbocycles. The van der Waals surface area contributed by atoms with Gasteiger partial charge in [-0.05, 0) is 17.7 Å². The van der Waals surface area contributed by atoms with Gasteiger partial charge in [0.2, 0.25) is 0 Å². The molecule has 1 saturated heterocycles. The van der Waals surface area contributed by atoms with Crippen LogP contribution in [0.1, 0.15) is 25.5 Å². The molecule has 0 amide bonds. The largest absolute Gasteiger partial charge is 0.329 e. The number of hydrogen-bond donors (Lipinski definition) is 1. The van der Waals surface area contributed by atoms with E-state index in [0.717, 1.165) is 18.7 Å². The average molecular weight is 303 g/mol. The van der Waals surface area contributed by atoms with E-state index in [1.807, 2.05) is 11.8 Å². The zero-order valence-electron chi connectivity index (χ0n) is 11.3. The molecule has 5 heteroatoms. The number of thioether (sulfide) groups is 1. The third kappa shape index (κ3) is 3.63. The number of nitrogens with zero attached hydrogens (tertiary/aromatic N) is 1. The fraction of sp³-hybridized carbons (Fsp3) is 0.571. The Morgan fingerprint density at radius 3 is 2.58 bits per heavy atom. The Kier molecular flexibility index (Phi) is 5.12. The quantitative estimate of drug-likeness (QED) is 0.929. The monoisotopic (exact) mass is 302 g/mol. The molecule has 3 atom stereocenters. The maximum Gasteiger partial charge on any atom is 0.124 e. The Labute approximate surface area is 123 Å². The lowest BCUT2D eigenvalue weighted by Gasteiger charge is -2.39. The SMILES string of the molecule is CC1CN(C(CN)c2ccc(F)cc2Cl)CC(C)S1. The summed E-state index contributed by atoms with van der Waals surface area (Å²) in [6.45, 7) is 6.94. The molecule has 1 aromatic carbocycles. The van der Waals surface area contributed by atoms with E-state index in [2.05, 4.69) is 18.7 Å². The molecule has 1 heterocycles. The van der Waals surface area contributed by atoms with Crippen molar-refractivity contribution >= 4 is 23.4 Å². The van der Waals surface area contributed by atoms with Crippen LogP contribution in [-0.4, -0.2) is 35.0 Å². The van der Waals surface area contributed by atoms with E-state index in [1.165, 1.54) is 12.1 Å². The first-order valence-corrected chi connectivity index (χ1v) is 7.88. The second-order valence-electron chi connectivity index (χ2n) is 5.13. The van der Waals surface area contributed by atoms with Gasteiger partial charge >= 0.3 is 0 Å². The van der Waals surface area contributed by atoms with Gasteiger partial charge in [-0.15, -0.1) is 0 Å². The van der Waals surface area contributed by atoms with E-state index >= 15 is 0 Å². The molecule has 2 N–H and O–H groups in total. The summed E-state index contributed by atoms with van der Waals surface area (Å²) in [6, 6.07) is 4.64. The first-order chi connectivity index (χ1) is 9.01. The average Bonchev–Trinajstić information content (AvgIpc) is 2.31. The van der Waals surface area contributed by atoms with E-state index in [-0.39, 0.29) is 11.9 Å². The van der Waals surface area contributed by atoms with Crippen molar-refractivity contribution in [2.24, 2.45) is 5.73 Å². The van der Waals surface area contributed by atoms with E-state index in [4.69, 9.17) is 17.3 Å². The Balaban J connectivity index is 2.23. The lowest BCUT2D eigenvalue weighted by atomic mass is 10.0. The molecule has 2 rings (SSSR count). The molecule has 0 aromatic heterocycles. The van der Waals surface area contributed by atoms with Crippen molar-refractivity contribution in [3.05, 3.63) is 34.6 Å². The summed E-state index contributed by atoms with van der Waals surface area (Å²) in [5, 5.41) is 1.63. The lowest BCUT2D eigenvalue weighted by Crippen LogP contribution is -2.44. The molecule has 0 radical (unpaired) electrons. The van der Waals surface area contributed by atoms with Crippen LogP contribution in [0.4, 0.5) is 4.39 Å². The highest BCUT2D eigenvalue weighted by Crippen LogP contribution is 2.33. The van der Waals surface area contributed by atoms with Crippen LogP contribution in [0.25, 0.3) is 0 Å². The van der Waals surface area contributed by atoms with Crippen molar-refractivity contribution in [2.45, 2.75) is 30.4 Å². The normalized spacial score (nSPS) is 26.4. The van der Waals surface area contributed by atoms with Crippen molar-refractivity contribution in [2.75, 3.05) is 19.6 Å². The molecule has 0 spiro atoms. The van der Waals surface area contributed by atoms with Crippen molar-refractivity contribution in [1.29, 1.82) is 0 Å². The number of benzene rings is 1. The zero-order valence-corrected chi connectivity index (χ0v) is 12.8. The molecule has 1 aliphatic rings. The maximum absolute atomic E-state index is 13.1. The molecule has 1 aliphatic heterocycles. The highest BCUT2D eigenvalue weighted by Gasteiger charge is 2.29. The summed E-state index contributed by atoms with van der Waals surface area (Å²) in [6.07, 6.45) is 0. The van der Waals surface area contributed by atoms with E-state index in [9.17, 15) is 4.39 Å². The minimum atomic E-state index is -0.305. The first-order valence-electron chi connectivity index (χ1n) is 6.55. The Morgan fingerprint density at radius 2 is 2.05 bits per heavy atom. The Morgan fingerprint density at radius 1 is 1.42 bits per heavy atom. The van der Waals surface area contributed by atoms with Crippen LogP contribution in [-0.2, 0) is 0 Å². The summed E-state index contributed by atoms with van der Waals surface area (Å²) in [5.41, 5.74) is 6.86. The van der Waals surface area contributed by atoms with Gasteiger partial charge in [-0.1, -0.05) is 31.5 Å². The number of rotatable bonds is 3. The van der Waals surface area contributed by atoms with Crippen molar-refractivity contribution in [3.63, 3.8) is 0 Å². The molecule has 106 valence electrons. The minimum Gasteiger partial charge on any atom is -0.329 e. The van der Waals surface area contributed by atoms with Crippen LogP contribution >= 0.6 is 23.4 Å². The lowest BCUT2D eigenvalue weighted by molar-refractivity contribution is 0.199. The van der Waals surface area contributed by atoms with E-state index in [1.54, 1.807) is 6.07 Å². The Hall–Kier alpha value is -0.290. The smallest absolute Gasteiger partial charge is 0.124 e. The molecule has 0 aliphatic carbocycles. The zero-order chi connectivity index (χ0) is 14.0. The minimum absolute atomic E-state index is 0.0684. The number of hydrogen-bond acceptors (Lipinski definition) is 3. The number of nitrogens with two attached hydrogens (primary N) is 1. The third-order valence-electron chi connectivity index (χ3n) is 3.43. The summed E-state index contributed by atoms with van der Waals surface area (Å²) in [7, 11) is 0. The van der Waals surface area contributed by atoms with Crippen LogP contribution in [0, 0.1) is 5.82 Å². The van der Waals surface area contributed by atoms with Crippen molar-refractivity contribution in [3.8, 4) is 0 Å². The molecular formula is C14H20ClFN2S. The summed E-state index contributed by atoms with van der Waals surface area (Å²) in [4.78, 5) is 2.37. The summed E-state index contributed by atoms with van der Waals surface area (Å²) < 4.78 is 13.1. The van der Waals surface area contributed by atoms with Gasteiger partial charge in [0.1, 0.15) is 5.82 Å². The molecular weight excluding hydrogens is 283 g/mol. The standard InChI is InChI=1S/C14H20ClFN2S/c1-9-7-18(8-10(2)19-9)14(6-17)12-4-3-11(16)5-13(12)15/h3-5,9-10,14H,6-8,17H2,1-2H3. The summed E-state index contributed by atoms with van der Waals surface area (Å²) in [5.74, 6) is -0.305. The summed E-state index contributed by atoms with van der Waals surface area (Å²) >= 11 is 8.17. The fourth-order valence-corrected chi connectivity index (χ4v) is 4.36. The highest BCUT2D eigenvalue weighted by molar-refractivity contribution is 8.00. The van der Waals surface area contributed by atoms with Gasteiger partial charge < -0.3 is 5.73 Å². The number of halogens is 2. The van der Waals surface area contributed by atoms with Crippen LogP contribution in [0.2, 0.25) is 5.02 Å². The van der Waals surface area contributed by atoms with Crippen molar-refractivity contribution in [1.82, 2.24) is 4.90 Å². The van der Waals surface area contributed by atoms with Gasteiger partial charge in [-0.25, -0.2) is 4.39 Å². The first kappa shape index (κ1) is 15.1. The van der Waals surface area contributed by atoms with Crippen LogP contribution < -0.4 is 5.73 Å². The fourth-order valence-electron chi connectivity index (χ4n) is 2.72. The van der Waals surface area contributed by atoms with Gasteiger partial charge in [0.25, 0.3) is 0 Å². The van der Waals surface area contributed by atoms with E-state index < -0.39 is 0 Å². The van der Waals surface area contributed by atoms with Gasteiger partial charge in [-0.2, -0.15) is 11.8 Å². The molecule has 2 nitrogen and oxygen atoms in total. The van der Waals surface area contributed by atoms with Crippen molar-refractivity contribution < 1.29 is 4.39 Å². The maximum atomic E-state index is 13.1. The highest BCUT2D eigenvalue weighted by atomic mass is 35.5. The Bertz CT molecular complexity index is 433. The third-order valence-corrected chi connectivity index (χ3v) is 4.99. The van der Waals surface area contributed by atoms with Crippen LogP contribution in [0.5, 0.6) is 0 Å². The van der Waals surface area contributed by atoms with E-state index in [0.29, 0.717) is 22.1 Å². The van der Waals surface area contributed by atoms with Gasteiger partial charge in [0.05, 0.1) is 0 Å². The van der Waals surface area contributed by atoms with Gasteiger partial charge in [0, 0.05) is 41.2 Å². The second-order valence-corrected chi connectivity index (χ2v) is 7.42. The van der Waals surface area contributed by atoms with Crippen LogP contribution in [0.3, 0.4) is 0 Å². The predicted molar refractivity (Wildman–Crippen MR) is 81.3 cm³/mol. The molecule has 3 unspecified atom stereocenters. The topological polar surface area (TPSA) is 29.3 Å². The predicted octanol–water partition coefficient (Wildman–Crippen LogP) is 3.30.